The maximum Gasteiger partial charge on any atom is 0.306 e. The third-order valence-electron chi connectivity index (χ3n) is 9.68. The quantitative estimate of drug-likeness (QED) is 0.0270. The van der Waals surface area contributed by atoms with E-state index in [4.69, 9.17) is 14.2 Å². The minimum absolute atomic E-state index is 0.0756. The van der Waals surface area contributed by atoms with Gasteiger partial charge in [-0.15, -0.1) is 0 Å². The molecule has 0 saturated carbocycles. The zero-order valence-electron chi connectivity index (χ0n) is 34.6. The molecule has 52 heavy (non-hydrogen) atoms. The monoisotopic (exact) mass is 733 g/mol. The molecule has 304 valence electrons. The Bertz CT molecular complexity index is 850. The van der Waals surface area contributed by atoms with Crippen molar-refractivity contribution < 1.29 is 28.6 Å². The number of hydrogen-bond donors (Lipinski definition) is 0. The van der Waals surface area contributed by atoms with Crippen molar-refractivity contribution in [3.63, 3.8) is 0 Å². The number of ether oxygens (including phenoxy) is 3. The SMILES string of the molecule is CCCCCC/C=C\CCCCCCCC(=O)OC(COC(=O)CCCCCCC/C=C\CCCCCCC)COC(=O)CCCCCCCCC. The van der Waals surface area contributed by atoms with Crippen LogP contribution < -0.4 is 0 Å². The normalized spacial score (nSPS) is 12.1. The summed E-state index contributed by atoms with van der Waals surface area (Å²) in [6, 6.07) is 0. The van der Waals surface area contributed by atoms with Gasteiger partial charge >= 0.3 is 17.9 Å². The molecular formula is C46H84O6. The molecule has 0 aliphatic rings. The fourth-order valence-electron chi connectivity index (χ4n) is 6.25. The Morgan fingerprint density at radius 3 is 0.981 bits per heavy atom. The van der Waals surface area contributed by atoms with Gasteiger partial charge in [-0.25, -0.2) is 0 Å². The van der Waals surface area contributed by atoms with Crippen LogP contribution in [0.25, 0.3) is 0 Å². The van der Waals surface area contributed by atoms with Crippen molar-refractivity contribution in [2.75, 3.05) is 13.2 Å². The van der Waals surface area contributed by atoms with E-state index in [1.165, 1.54) is 122 Å². The van der Waals surface area contributed by atoms with E-state index in [0.29, 0.717) is 19.3 Å². The number of unbranched alkanes of at least 4 members (excludes halogenated alkanes) is 25. The highest BCUT2D eigenvalue weighted by molar-refractivity contribution is 5.71. The molecule has 6 heteroatoms. The second-order valence-electron chi connectivity index (χ2n) is 15.0. The van der Waals surface area contributed by atoms with Crippen LogP contribution in [0.1, 0.15) is 233 Å². The molecule has 1 atom stereocenters. The van der Waals surface area contributed by atoms with Gasteiger partial charge in [0.15, 0.2) is 6.10 Å². The Labute approximate surface area is 322 Å². The first kappa shape index (κ1) is 49.9. The molecule has 0 radical (unpaired) electrons. The maximum atomic E-state index is 12.7. The molecule has 0 aromatic carbocycles. The van der Waals surface area contributed by atoms with Crippen LogP contribution >= 0.6 is 0 Å². The third kappa shape index (κ3) is 39.1. The smallest absolute Gasteiger partial charge is 0.306 e. The summed E-state index contributed by atoms with van der Waals surface area (Å²) in [6.07, 6.45) is 44.5. The molecule has 0 bridgehead atoms. The van der Waals surface area contributed by atoms with Crippen LogP contribution in [0.2, 0.25) is 0 Å². The third-order valence-corrected chi connectivity index (χ3v) is 9.68. The molecule has 0 aliphatic carbocycles. The molecule has 1 unspecified atom stereocenters. The highest BCUT2D eigenvalue weighted by Gasteiger charge is 2.19. The minimum Gasteiger partial charge on any atom is -0.462 e. The van der Waals surface area contributed by atoms with Gasteiger partial charge in [0.2, 0.25) is 0 Å². The van der Waals surface area contributed by atoms with Crippen LogP contribution in [0.15, 0.2) is 24.3 Å². The number of carbonyl (C=O) groups excluding carboxylic acids is 3. The van der Waals surface area contributed by atoms with Crippen molar-refractivity contribution in [3.05, 3.63) is 24.3 Å². The summed E-state index contributed by atoms with van der Waals surface area (Å²) in [5, 5.41) is 0. The Morgan fingerprint density at radius 2 is 0.635 bits per heavy atom. The van der Waals surface area contributed by atoms with Crippen molar-refractivity contribution in [1.29, 1.82) is 0 Å². The van der Waals surface area contributed by atoms with Crippen LogP contribution in [0.3, 0.4) is 0 Å². The average molecular weight is 733 g/mol. The molecule has 6 nitrogen and oxygen atoms in total. The summed E-state index contributed by atoms with van der Waals surface area (Å²) in [5.74, 6) is -0.897. The van der Waals surface area contributed by atoms with Crippen LogP contribution in [0, 0.1) is 0 Å². The second-order valence-corrected chi connectivity index (χ2v) is 15.0. The summed E-state index contributed by atoms with van der Waals surface area (Å²) >= 11 is 0. The van der Waals surface area contributed by atoms with Crippen molar-refractivity contribution in [2.24, 2.45) is 0 Å². The second kappa shape index (κ2) is 41.6. The van der Waals surface area contributed by atoms with E-state index in [1.807, 2.05) is 0 Å². The maximum absolute atomic E-state index is 12.7. The van der Waals surface area contributed by atoms with Gasteiger partial charge in [0, 0.05) is 19.3 Å². The average Bonchev–Trinajstić information content (AvgIpc) is 3.14. The van der Waals surface area contributed by atoms with Gasteiger partial charge in [-0.3, -0.25) is 14.4 Å². The molecule has 0 aliphatic heterocycles. The van der Waals surface area contributed by atoms with Crippen molar-refractivity contribution in [2.45, 2.75) is 239 Å². The van der Waals surface area contributed by atoms with E-state index in [1.54, 1.807) is 0 Å². The fourth-order valence-corrected chi connectivity index (χ4v) is 6.25. The van der Waals surface area contributed by atoms with Crippen molar-refractivity contribution in [3.8, 4) is 0 Å². The topological polar surface area (TPSA) is 78.9 Å². The standard InChI is InChI=1S/C46H84O6/c1-4-7-10-13-16-18-20-22-24-25-27-30-33-36-39-45(48)51-42-43(41-50-44(47)38-35-32-29-15-12-9-6-3)52-46(49)40-37-34-31-28-26-23-21-19-17-14-11-8-5-2/h19-22,43H,4-18,23-42H2,1-3H3/b21-19-,22-20-. The first-order valence-corrected chi connectivity index (χ1v) is 22.3. The van der Waals surface area contributed by atoms with Gasteiger partial charge < -0.3 is 14.2 Å². The highest BCUT2D eigenvalue weighted by atomic mass is 16.6. The Hall–Kier alpha value is -2.11. The molecule has 0 amide bonds. The zero-order chi connectivity index (χ0) is 38.0. The lowest BCUT2D eigenvalue weighted by molar-refractivity contribution is -0.167. The highest BCUT2D eigenvalue weighted by Crippen LogP contribution is 2.13. The van der Waals surface area contributed by atoms with Crippen molar-refractivity contribution in [1.82, 2.24) is 0 Å². The predicted octanol–water partition coefficient (Wildman–Crippen LogP) is 14.0. The molecule has 0 saturated heterocycles. The predicted molar refractivity (Wildman–Crippen MR) is 219 cm³/mol. The van der Waals surface area contributed by atoms with E-state index in [2.05, 4.69) is 45.1 Å². The number of allylic oxidation sites excluding steroid dienone is 4. The number of rotatable bonds is 40. The van der Waals surface area contributed by atoms with E-state index in [0.717, 1.165) is 70.6 Å². The summed E-state index contributed by atoms with van der Waals surface area (Å²) in [5.41, 5.74) is 0. The van der Waals surface area contributed by atoms with Crippen LogP contribution in [0.5, 0.6) is 0 Å². The van der Waals surface area contributed by atoms with Crippen LogP contribution in [0.4, 0.5) is 0 Å². The Balaban J connectivity index is 4.33. The lowest BCUT2D eigenvalue weighted by Gasteiger charge is -2.18. The largest absolute Gasteiger partial charge is 0.462 e. The molecule has 0 heterocycles. The van der Waals surface area contributed by atoms with E-state index >= 15 is 0 Å². The molecule has 0 spiro atoms. The van der Waals surface area contributed by atoms with Crippen molar-refractivity contribution >= 4 is 17.9 Å². The molecule has 0 rings (SSSR count). The summed E-state index contributed by atoms with van der Waals surface area (Å²) in [4.78, 5) is 37.5. The molecular weight excluding hydrogens is 649 g/mol. The van der Waals surface area contributed by atoms with Gasteiger partial charge in [-0.2, -0.15) is 0 Å². The zero-order valence-corrected chi connectivity index (χ0v) is 34.6. The van der Waals surface area contributed by atoms with Gasteiger partial charge in [0.05, 0.1) is 0 Å². The Kier molecular flexibility index (Phi) is 40.0. The van der Waals surface area contributed by atoms with Gasteiger partial charge in [0.1, 0.15) is 13.2 Å². The van der Waals surface area contributed by atoms with Crippen LogP contribution in [-0.4, -0.2) is 37.2 Å². The van der Waals surface area contributed by atoms with Gasteiger partial charge in [-0.1, -0.05) is 167 Å². The number of hydrogen-bond acceptors (Lipinski definition) is 6. The van der Waals surface area contributed by atoms with E-state index < -0.39 is 6.10 Å². The van der Waals surface area contributed by atoms with E-state index in [9.17, 15) is 14.4 Å². The van der Waals surface area contributed by atoms with Gasteiger partial charge in [-0.05, 0) is 70.6 Å². The molecule has 0 aromatic heterocycles. The molecule has 0 aromatic rings. The Morgan fingerprint density at radius 1 is 0.365 bits per heavy atom. The summed E-state index contributed by atoms with van der Waals surface area (Å²) < 4.78 is 16.6. The van der Waals surface area contributed by atoms with Gasteiger partial charge in [0.25, 0.3) is 0 Å². The lowest BCUT2D eigenvalue weighted by atomic mass is 10.1. The van der Waals surface area contributed by atoms with E-state index in [-0.39, 0.29) is 31.1 Å². The summed E-state index contributed by atoms with van der Waals surface area (Å²) in [6.45, 7) is 6.55. The van der Waals surface area contributed by atoms with Crippen LogP contribution in [-0.2, 0) is 28.6 Å². The first-order valence-electron chi connectivity index (χ1n) is 22.3. The fraction of sp³-hybridized carbons (Fsp3) is 0.848. The minimum atomic E-state index is -0.771. The first-order chi connectivity index (χ1) is 25.5. The molecule has 0 N–H and O–H groups in total. The molecule has 0 fully saturated rings. The number of esters is 3. The number of carbonyl (C=O) groups is 3. The lowest BCUT2D eigenvalue weighted by Crippen LogP contribution is -2.30. The summed E-state index contributed by atoms with van der Waals surface area (Å²) in [7, 11) is 0.